The van der Waals surface area contributed by atoms with Crippen molar-refractivity contribution in [2.75, 3.05) is 14.2 Å². The summed E-state index contributed by atoms with van der Waals surface area (Å²) in [4.78, 5) is 0. The van der Waals surface area contributed by atoms with E-state index in [1.165, 1.54) is 0 Å². The Hall–Kier alpha value is -4.32. The fourth-order valence-electron chi connectivity index (χ4n) is 6.44. The number of benzene rings is 4. The van der Waals surface area contributed by atoms with Gasteiger partial charge in [0, 0.05) is 52.3 Å². The smallest absolute Gasteiger partial charge is 0.278 e. The number of aromatic hydroxyl groups is 1. The first-order chi connectivity index (χ1) is 19.0. The van der Waals surface area contributed by atoms with Crippen LogP contribution in [0, 0.1) is 6.92 Å². The molecule has 198 valence electrons. The van der Waals surface area contributed by atoms with Gasteiger partial charge in [-0.05, 0) is 25.3 Å². The highest BCUT2D eigenvalue weighted by Gasteiger charge is 2.53. The molecule has 4 aromatic carbocycles. The highest BCUT2D eigenvalue weighted by atomic mass is 16.7. The van der Waals surface area contributed by atoms with Gasteiger partial charge < -0.3 is 28.8 Å². The van der Waals surface area contributed by atoms with E-state index in [4.69, 9.17) is 23.7 Å². The third-order valence-corrected chi connectivity index (χ3v) is 8.29. The molecule has 0 saturated carbocycles. The van der Waals surface area contributed by atoms with E-state index in [1.54, 1.807) is 20.3 Å². The number of rotatable bonds is 4. The minimum Gasteiger partial charge on any atom is -0.507 e. The zero-order valence-corrected chi connectivity index (χ0v) is 22.2. The van der Waals surface area contributed by atoms with Gasteiger partial charge in [0.15, 0.2) is 0 Å². The van der Waals surface area contributed by atoms with E-state index in [2.05, 4.69) is 12.1 Å². The van der Waals surface area contributed by atoms with Crippen LogP contribution >= 0.6 is 0 Å². The molecule has 39 heavy (non-hydrogen) atoms. The second-order valence-electron chi connectivity index (χ2n) is 10.4. The van der Waals surface area contributed by atoms with Crippen molar-refractivity contribution in [2.24, 2.45) is 0 Å². The summed E-state index contributed by atoms with van der Waals surface area (Å²) in [5, 5.41) is 10.8. The Kier molecular flexibility index (Phi) is 5.41. The summed E-state index contributed by atoms with van der Waals surface area (Å²) in [6.07, 6.45) is 2.10. The predicted molar refractivity (Wildman–Crippen MR) is 146 cm³/mol. The molecule has 3 heterocycles. The Morgan fingerprint density at radius 2 is 1.56 bits per heavy atom. The predicted octanol–water partition coefficient (Wildman–Crippen LogP) is 6.94. The molecule has 3 aliphatic rings. The van der Waals surface area contributed by atoms with Crippen LogP contribution in [0.25, 0.3) is 0 Å². The summed E-state index contributed by atoms with van der Waals surface area (Å²) < 4.78 is 32.1. The highest BCUT2D eigenvalue weighted by Crippen LogP contribution is 2.62. The molecule has 2 bridgehead atoms. The average Bonchev–Trinajstić information content (AvgIpc) is 2.98. The van der Waals surface area contributed by atoms with E-state index in [-0.39, 0.29) is 17.8 Å². The fraction of sp³-hybridized carbons (Fsp3) is 0.273. The summed E-state index contributed by atoms with van der Waals surface area (Å²) >= 11 is 0. The summed E-state index contributed by atoms with van der Waals surface area (Å²) in [6.45, 7) is 1.86. The van der Waals surface area contributed by atoms with E-state index < -0.39 is 5.79 Å². The molecular formula is C33H30O6. The second kappa shape index (κ2) is 8.87. The summed E-state index contributed by atoms with van der Waals surface area (Å²) in [5.41, 5.74) is 5.60. The standard InChI is InChI=1S/C33H30O6/c1-19-24(34)16-27-29(31(19)36-3)23-18-33(38-27,21-12-8-5-9-13-21)39-28-17-26(35-2)22-14-15-25(37-32(22)30(23)28)20-10-6-4-7-11-20/h4-13,16-17,23,25,34H,14-15,18H2,1-3H3/t23-,25+,33-/m1/s1. The van der Waals surface area contributed by atoms with Gasteiger partial charge in [-0.25, -0.2) is 0 Å². The van der Waals surface area contributed by atoms with Gasteiger partial charge in [-0.15, -0.1) is 0 Å². The van der Waals surface area contributed by atoms with E-state index in [1.807, 2.05) is 61.5 Å². The number of fused-ring (bicyclic) bond motifs is 8. The number of hydrogen-bond acceptors (Lipinski definition) is 6. The number of methoxy groups -OCH3 is 2. The van der Waals surface area contributed by atoms with Gasteiger partial charge in [0.05, 0.1) is 14.2 Å². The van der Waals surface area contributed by atoms with E-state index in [0.29, 0.717) is 29.2 Å². The van der Waals surface area contributed by atoms with Crippen LogP contribution in [0.15, 0.2) is 72.8 Å². The molecule has 0 unspecified atom stereocenters. The van der Waals surface area contributed by atoms with Crippen LogP contribution in [0.3, 0.4) is 0 Å². The van der Waals surface area contributed by atoms with Gasteiger partial charge in [0.1, 0.15) is 40.6 Å². The molecule has 7 rings (SSSR count). The third-order valence-electron chi connectivity index (χ3n) is 8.29. The van der Waals surface area contributed by atoms with Crippen LogP contribution < -0.4 is 23.7 Å². The lowest BCUT2D eigenvalue weighted by atomic mass is 9.76. The maximum Gasteiger partial charge on any atom is 0.278 e. The van der Waals surface area contributed by atoms with Crippen LogP contribution in [0.4, 0.5) is 0 Å². The van der Waals surface area contributed by atoms with Crippen molar-refractivity contribution in [3.05, 3.63) is 106 Å². The van der Waals surface area contributed by atoms with Crippen LogP contribution in [0.1, 0.15) is 58.2 Å². The second-order valence-corrected chi connectivity index (χ2v) is 10.4. The quantitative estimate of drug-likeness (QED) is 0.313. The zero-order chi connectivity index (χ0) is 26.7. The van der Waals surface area contributed by atoms with Crippen molar-refractivity contribution >= 4 is 0 Å². The summed E-state index contributed by atoms with van der Waals surface area (Å²) in [5.74, 6) is 2.23. The van der Waals surface area contributed by atoms with Crippen molar-refractivity contribution in [1.82, 2.24) is 0 Å². The number of phenolic OH excluding ortho intramolecular Hbond substituents is 1. The van der Waals surface area contributed by atoms with E-state index in [0.717, 1.165) is 52.2 Å². The molecule has 6 nitrogen and oxygen atoms in total. The van der Waals surface area contributed by atoms with Crippen LogP contribution in [-0.4, -0.2) is 19.3 Å². The average molecular weight is 523 g/mol. The number of ether oxygens (including phenoxy) is 5. The zero-order valence-electron chi connectivity index (χ0n) is 22.2. The van der Waals surface area contributed by atoms with Gasteiger partial charge in [-0.3, -0.25) is 0 Å². The highest BCUT2D eigenvalue weighted by molar-refractivity contribution is 5.68. The minimum absolute atomic E-state index is 0.0847. The molecule has 1 N–H and O–H groups in total. The lowest BCUT2D eigenvalue weighted by molar-refractivity contribution is -0.149. The fourth-order valence-corrected chi connectivity index (χ4v) is 6.44. The molecule has 0 aliphatic carbocycles. The monoisotopic (exact) mass is 522 g/mol. The lowest BCUT2D eigenvalue weighted by Crippen LogP contribution is -2.47. The maximum atomic E-state index is 10.8. The first kappa shape index (κ1) is 23.8. The summed E-state index contributed by atoms with van der Waals surface area (Å²) in [7, 11) is 3.32. The maximum absolute atomic E-state index is 10.8. The Balaban J connectivity index is 1.49. The lowest BCUT2D eigenvalue weighted by Gasteiger charge is -2.48. The van der Waals surface area contributed by atoms with Crippen molar-refractivity contribution < 1.29 is 28.8 Å². The van der Waals surface area contributed by atoms with Gasteiger partial charge in [-0.1, -0.05) is 60.7 Å². The van der Waals surface area contributed by atoms with Crippen molar-refractivity contribution in [3.63, 3.8) is 0 Å². The molecule has 3 aliphatic heterocycles. The Morgan fingerprint density at radius 1 is 0.872 bits per heavy atom. The topological polar surface area (TPSA) is 66.4 Å². The van der Waals surface area contributed by atoms with Gasteiger partial charge >= 0.3 is 0 Å². The molecule has 0 amide bonds. The molecule has 0 aromatic heterocycles. The number of hydrogen-bond donors (Lipinski definition) is 1. The van der Waals surface area contributed by atoms with Crippen molar-refractivity contribution in [2.45, 2.75) is 44.0 Å². The first-order valence-corrected chi connectivity index (χ1v) is 13.3. The van der Waals surface area contributed by atoms with Crippen LogP contribution in [-0.2, 0) is 12.2 Å². The van der Waals surface area contributed by atoms with Crippen LogP contribution in [0.5, 0.6) is 34.5 Å². The van der Waals surface area contributed by atoms with Crippen molar-refractivity contribution in [3.8, 4) is 34.5 Å². The SMILES string of the molecule is COc1cc2c(c3c1CC[C@@H](c1ccccc1)O3)[C@@H]1C[C@@](c3ccccc3)(Oc3cc(O)c(C)c(OC)c31)O2. The molecule has 4 aromatic rings. The first-order valence-electron chi connectivity index (χ1n) is 13.3. The van der Waals surface area contributed by atoms with Crippen molar-refractivity contribution in [1.29, 1.82) is 0 Å². The molecule has 0 fully saturated rings. The largest absolute Gasteiger partial charge is 0.507 e. The molecule has 6 heteroatoms. The van der Waals surface area contributed by atoms with Gasteiger partial charge in [0.2, 0.25) is 0 Å². The van der Waals surface area contributed by atoms with E-state index in [9.17, 15) is 5.11 Å². The Bertz CT molecular complexity index is 1570. The molecular weight excluding hydrogens is 492 g/mol. The van der Waals surface area contributed by atoms with Crippen LogP contribution in [0.2, 0.25) is 0 Å². The molecule has 0 radical (unpaired) electrons. The molecule has 0 saturated heterocycles. The van der Waals surface area contributed by atoms with Gasteiger partial charge in [-0.2, -0.15) is 0 Å². The minimum atomic E-state index is -1.09. The Labute approximate surface area is 227 Å². The normalized spacial score (nSPS) is 22.2. The van der Waals surface area contributed by atoms with E-state index >= 15 is 0 Å². The Morgan fingerprint density at radius 3 is 2.26 bits per heavy atom. The van der Waals surface area contributed by atoms with Gasteiger partial charge in [0.25, 0.3) is 5.79 Å². The third kappa shape index (κ3) is 3.54. The number of phenols is 1. The summed E-state index contributed by atoms with van der Waals surface area (Å²) in [6, 6.07) is 23.9. The molecule has 0 spiro atoms. The molecule has 3 atom stereocenters.